The highest BCUT2D eigenvalue weighted by Crippen LogP contribution is 2.27. The van der Waals surface area contributed by atoms with E-state index in [1.165, 1.54) is 40.7 Å². The fourth-order valence-corrected chi connectivity index (χ4v) is 5.21. The van der Waals surface area contributed by atoms with E-state index in [0.29, 0.717) is 18.5 Å². The van der Waals surface area contributed by atoms with Crippen molar-refractivity contribution in [3.8, 4) is 0 Å². The number of carbonyl (C=O) groups excluding carboxylic acids is 1. The van der Waals surface area contributed by atoms with Crippen LogP contribution in [0.1, 0.15) is 24.2 Å². The lowest BCUT2D eigenvalue weighted by molar-refractivity contribution is -0.149. The predicted octanol–water partition coefficient (Wildman–Crippen LogP) is 2.54. The van der Waals surface area contributed by atoms with Crippen LogP contribution in [0.25, 0.3) is 0 Å². The van der Waals surface area contributed by atoms with Gasteiger partial charge in [0.15, 0.2) is 12.4 Å². The predicted molar refractivity (Wildman–Crippen MR) is 122 cm³/mol. The molecule has 0 aliphatic carbocycles. The Labute approximate surface area is 196 Å². The van der Waals surface area contributed by atoms with Gasteiger partial charge < -0.3 is 15.8 Å². The maximum Gasteiger partial charge on any atom is 0.324 e. The summed E-state index contributed by atoms with van der Waals surface area (Å²) in [5.74, 6) is -1.01. The Bertz CT molecular complexity index is 1290. The van der Waals surface area contributed by atoms with E-state index < -0.39 is 27.9 Å². The van der Waals surface area contributed by atoms with Crippen LogP contribution in [0.5, 0.6) is 0 Å². The third kappa shape index (κ3) is 5.29. The van der Waals surface area contributed by atoms with Crippen LogP contribution in [0.2, 0.25) is 0 Å². The molecular weight excluding hydrogens is 463 g/mol. The molecule has 1 saturated heterocycles. The van der Waals surface area contributed by atoms with Crippen LogP contribution in [0.4, 0.5) is 22.0 Å². The highest BCUT2D eigenvalue weighted by molar-refractivity contribution is 7.89. The number of ether oxygens (including phenoxy) is 1. The van der Waals surface area contributed by atoms with Gasteiger partial charge in [-0.05, 0) is 56.2 Å². The van der Waals surface area contributed by atoms with E-state index >= 15 is 0 Å². The number of esters is 1. The molecule has 3 N–H and O–H groups in total. The van der Waals surface area contributed by atoms with Gasteiger partial charge in [0.1, 0.15) is 11.9 Å². The number of nitrogens with zero attached hydrogens (tertiary/aromatic N) is 4. The summed E-state index contributed by atoms with van der Waals surface area (Å²) in [5, 5.41) is 2.87. The molecule has 0 radical (unpaired) electrons. The monoisotopic (exact) mass is 486 g/mol. The van der Waals surface area contributed by atoms with Gasteiger partial charge in [-0.25, -0.2) is 12.8 Å². The summed E-state index contributed by atoms with van der Waals surface area (Å²) < 4.78 is 45.7. The zero-order valence-corrected chi connectivity index (χ0v) is 19.1. The van der Waals surface area contributed by atoms with Crippen LogP contribution < -0.4 is 11.1 Å². The molecule has 0 bridgehead atoms. The van der Waals surface area contributed by atoms with E-state index in [1.807, 2.05) is 6.92 Å². The van der Waals surface area contributed by atoms with E-state index in [1.54, 1.807) is 12.1 Å². The van der Waals surface area contributed by atoms with Gasteiger partial charge in [-0.2, -0.15) is 19.3 Å². The van der Waals surface area contributed by atoms with E-state index in [4.69, 9.17) is 10.5 Å². The van der Waals surface area contributed by atoms with Crippen LogP contribution >= 0.6 is 0 Å². The van der Waals surface area contributed by atoms with Gasteiger partial charge in [0.25, 0.3) is 0 Å². The van der Waals surface area contributed by atoms with Crippen molar-refractivity contribution in [3.63, 3.8) is 0 Å². The van der Waals surface area contributed by atoms with Crippen LogP contribution in [0.3, 0.4) is 0 Å². The van der Waals surface area contributed by atoms with Crippen molar-refractivity contribution >= 4 is 33.6 Å². The van der Waals surface area contributed by atoms with Gasteiger partial charge in [0, 0.05) is 12.2 Å². The molecule has 4 rings (SSSR count). The lowest BCUT2D eigenvalue weighted by Gasteiger charge is -2.22. The molecule has 0 spiro atoms. The van der Waals surface area contributed by atoms with Gasteiger partial charge >= 0.3 is 5.97 Å². The number of halogens is 1. The van der Waals surface area contributed by atoms with Gasteiger partial charge in [0.2, 0.25) is 21.9 Å². The quantitative estimate of drug-likeness (QED) is 0.482. The van der Waals surface area contributed by atoms with Crippen molar-refractivity contribution in [1.29, 1.82) is 0 Å². The van der Waals surface area contributed by atoms with Crippen LogP contribution in [-0.4, -0.2) is 46.2 Å². The van der Waals surface area contributed by atoms with E-state index in [0.717, 1.165) is 5.56 Å². The molecule has 0 amide bonds. The average molecular weight is 487 g/mol. The van der Waals surface area contributed by atoms with Crippen LogP contribution in [0.15, 0.2) is 53.4 Å². The minimum Gasteiger partial charge on any atom is -0.456 e. The Morgan fingerprint density at radius 3 is 2.56 bits per heavy atom. The third-order valence-corrected chi connectivity index (χ3v) is 7.17. The molecule has 3 aromatic rings. The second-order valence-corrected chi connectivity index (χ2v) is 9.65. The Morgan fingerprint density at radius 2 is 1.85 bits per heavy atom. The van der Waals surface area contributed by atoms with Crippen LogP contribution in [0, 0.1) is 12.7 Å². The Morgan fingerprint density at radius 1 is 1.15 bits per heavy atom. The number of carbonyl (C=O) groups is 1. The number of rotatable bonds is 7. The number of nitrogens with two attached hydrogens (primary N) is 1. The molecule has 1 aliphatic heterocycles. The summed E-state index contributed by atoms with van der Waals surface area (Å²) in [6.07, 6.45) is 0.885. The molecule has 1 aliphatic rings. The summed E-state index contributed by atoms with van der Waals surface area (Å²) in [6.45, 7) is 1.76. The van der Waals surface area contributed by atoms with Gasteiger partial charge in [0.05, 0.1) is 4.90 Å². The molecule has 0 unspecified atom stereocenters. The second kappa shape index (κ2) is 9.69. The first-order valence-electron chi connectivity index (χ1n) is 10.5. The zero-order chi connectivity index (χ0) is 24.3. The highest BCUT2D eigenvalue weighted by atomic mass is 32.2. The lowest BCUT2D eigenvalue weighted by Crippen LogP contribution is -2.41. The average Bonchev–Trinajstić information content (AvgIpc) is 3.30. The van der Waals surface area contributed by atoms with Crippen molar-refractivity contribution < 1.29 is 22.3 Å². The molecule has 2 heterocycles. The second-order valence-electron chi connectivity index (χ2n) is 7.76. The number of nitrogens with one attached hydrogen (secondary N) is 1. The Balaban J connectivity index is 1.44. The maximum atomic E-state index is 13.1. The number of aromatic nitrogens is 3. The number of hydrogen-bond acceptors (Lipinski definition) is 9. The smallest absolute Gasteiger partial charge is 0.324 e. The normalized spacial score (nSPS) is 16.4. The molecule has 12 heteroatoms. The van der Waals surface area contributed by atoms with Crippen molar-refractivity contribution in [3.05, 3.63) is 65.7 Å². The summed E-state index contributed by atoms with van der Waals surface area (Å²) in [7, 11) is -3.85. The number of anilines is 3. The number of sulfonamides is 1. The molecule has 0 saturated carbocycles. The minimum atomic E-state index is -3.85. The van der Waals surface area contributed by atoms with E-state index in [9.17, 15) is 17.6 Å². The molecule has 1 aromatic heterocycles. The molecule has 2 aromatic carbocycles. The number of nitrogen functional groups attached to an aromatic ring is 1. The zero-order valence-electron chi connectivity index (χ0n) is 18.3. The number of aryl methyl sites for hydroxylation is 1. The first-order valence-corrected chi connectivity index (χ1v) is 11.9. The fourth-order valence-electron chi connectivity index (χ4n) is 3.56. The summed E-state index contributed by atoms with van der Waals surface area (Å²) in [5.41, 5.74) is 7.19. The minimum absolute atomic E-state index is 0.0800. The van der Waals surface area contributed by atoms with E-state index in [-0.39, 0.29) is 35.8 Å². The first-order chi connectivity index (χ1) is 16.2. The maximum absolute atomic E-state index is 13.1. The first kappa shape index (κ1) is 23.5. The molecule has 178 valence electrons. The van der Waals surface area contributed by atoms with Crippen molar-refractivity contribution in [2.75, 3.05) is 17.6 Å². The van der Waals surface area contributed by atoms with Crippen molar-refractivity contribution in [2.45, 2.75) is 37.3 Å². The molecule has 34 heavy (non-hydrogen) atoms. The largest absolute Gasteiger partial charge is 0.456 e. The Hall–Kier alpha value is -3.64. The molecule has 10 nitrogen and oxygen atoms in total. The van der Waals surface area contributed by atoms with Crippen molar-refractivity contribution in [2.24, 2.45) is 0 Å². The topological polar surface area (TPSA) is 140 Å². The standard InChI is InChI=1S/C22H23FN6O4S/c1-14-4-10-17(11-5-14)34(31,32)29-12-2-3-18(29)20(30)33-13-19-26-21(24)28-22(27-19)25-16-8-6-15(23)7-9-16/h4-11,18H,2-3,12-13H2,1H3,(H3,24,25,26,27,28)/t18-/m0/s1. The van der Waals surface area contributed by atoms with Gasteiger partial charge in [-0.1, -0.05) is 17.7 Å². The van der Waals surface area contributed by atoms with Crippen LogP contribution in [-0.2, 0) is 26.2 Å². The molecule has 1 atom stereocenters. The van der Waals surface area contributed by atoms with Gasteiger partial charge in [-0.3, -0.25) is 4.79 Å². The summed E-state index contributed by atoms with van der Waals surface area (Å²) in [4.78, 5) is 25.0. The van der Waals surface area contributed by atoms with Gasteiger partial charge in [-0.15, -0.1) is 0 Å². The molecule has 1 fully saturated rings. The number of hydrogen-bond donors (Lipinski definition) is 2. The van der Waals surface area contributed by atoms with E-state index in [2.05, 4.69) is 20.3 Å². The number of benzene rings is 2. The molecular formula is C22H23FN6O4S. The lowest BCUT2D eigenvalue weighted by atomic mass is 10.2. The Kier molecular flexibility index (Phi) is 6.70. The van der Waals surface area contributed by atoms with Crippen molar-refractivity contribution in [1.82, 2.24) is 19.3 Å². The third-order valence-electron chi connectivity index (χ3n) is 5.25. The highest BCUT2D eigenvalue weighted by Gasteiger charge is 2.40. The summed E-state index contributed by atoms with van der Waals surface area (Å²) >= 11 is 0. The SMILES string of the molecule is Cc1ccc(S(=O)(=O)N2CCC[C@H]2C(=O)OCc2nc(N)nc(Nc3ccc(F)cc3)n2)cc1. The summed E-state index contributed by atoms with van der Waals surface area (Å²) in [6, 6.07) is 11.1. The fraction of sp³-hybridized carbons (Fsp3) is 0.273.